The Labute approximate surface area is 124 Å². The van der Waals surface area contributed by atoms with Crippen LogP contribution >= 0.6 is 11.3 Å². The number of likely N-dealkylation sites (tertiary alicyclic amines) is 1. The molecule has 1 aromatic heterocycles. The second-order valence-electron chi connectivity index (χ2n) is 5.81. The summed E-state index contributed by atoms with van der Waals surface area (Å²) in [4.78, 5) is 2.32. The third-order valence-electron chi connectivity index (χ3n) is 3.49. The van der Waals surface area contributed by atoms with Gasteiger partial charge < -0.3 is 0 Å². The fraction of sp³-hybridized carbons (Fsp3) is 0.714. The first kappa shape index (κ1) is 16.7. The van der Waals surface area contributed by atoms with Gasteiger partial charge in [-0.3, -0.25) is 4.90 Å². The van der Waals surface area contributed by atoms with Crippen LogP contribution in [0.3, 0.4) is 0 Å². The zero-order valence-electron chi connectivity index (χ0n) is 11.9. The molecule has 0 atom stereocenters. The number of alkyl halides is 5. The summed E-state index contributed by atoms with van der Waals surface area (Å²) in [5.41, 5.74) is -0.624. The van der Waals surface area contributed by atoms with Gasteiger partial charge in [0.05, 0.1) is 12.1 Å². The van der Waals surface area contributed by atoms with Crippen LogP contribution in [0.5, 0.6) is 0 Å². The van der Waals surface area contributed by atoms with Gasteiger partial charge in [0.25, 0.3) is 5.92 Å². The monoisotopic (exact) mass is 327 g/mol. The van der Waals surface area contributed by atoms with Crippen LogP contribution in [0.25, 0.3) is 0 Å². The van der Waals surface area contributed by atoms with Crippen LogP contribution in [0.4, 0.5) is 22.0 Å². The highest BCUT2D eigenvalue weighted by atomic mass is 32.1. The SMILES string of the molecule is CC(C)c1sc(CN2CCCC(F)(F)C2)cc1C(F)(F)F. The van der Waals surface area contributed by atoms with E-state index in [-0.39, 0.29) is 30.3 Å². The van der Waals surface area contributed by atoms with E-state index in [2.05, 4.69) is 0 Å². The summed E-state index contributed by atoms with van der Waals surface area (Å²) in [6, 6.07) is 1.12. The molecule has 1 aliphatic rings. The summed E-state index contributed by atoms with van der Waals surface area (Å²) in [5, 5.41) is 0. The van der Waals surface area contributed by atoms with Crippen molar-refractivity contribution in [3.63, 3.8) is 0 Å². The maximum Gasteiger partial charge on any atom is 0.417 e. The van der Waals surface area contributed by atoms with Gasteiger partial charge in [0.15, 0.2) is 0 Å². The van der Waals surface area contributed by atoms with Crippen LogP contribution in [0, 0.1) is 0 Å². The molecular formula is C14H18F5NS. The Hall–Kier alpha value is -0.690. The quantitative estimate of drug-likeness (QED) is 0.696. The average Bonchev–Trinajstić information content (AvgIpc) is 2.71. The van der Waals surface area contributed by atoms with Crippen molar-refractivity contribution in [3.05, 3.63) is 21.4 Å². The van der Waals surface area contributed by atoms with Crippen LogP contribution in [-0.4, -0.2) is 23.9 Å². The summed E-state index contributed by atoms with van der Waals surface area (Å²) in [5.74, 6) is -2.97. The molecule has 0 bridgehead atoms. The molecule has 1 fully saturated rings. The first-order chi connectivity index (χ1) is 9.58. The van der Waals surface area contributed by atoms with Gasteiger partial charge in [-0.05, 0) is 24.9 Å². The van der Waals surface area contributed by atoms with Crippen LogP contribution in [0.2, 0.25) is 0 Å². The summed E-state index contributed by atoms with van der Waals surface area (Å²) in [7, 11) is 0. The lowest BCUT2D eigenvalue weighted by Gasteiger charge is -2.31. The van der Waals surface area contributed by atoms with Crippen LogP contribution in [0.15, 0.2) is 6.07 Å². The molecule has 1 saturated heterocycles. The molecule has 21 heavy (non-hydrogen) atoms. The molecule has 1 nitrogen and oxygen atoms in total. The predicted molar refractivity (Wildman–Crippen MR) is 72.9 cm³/mol. The summed E-state index contributed by atoms with van der Waals surface area (Å²) in [6.45, 7) is 3.71. The van der Waals surface area contributed by atoms with Crippen molar-refractivity contribution in [1.29, 1.82) is 0 Å². The zero-order valence-corrected chi connectivity index (χ0v) is 12.8. The van der Waals surface area contributed by atoms with Gasteiger partial charge in [-0.15, -0.1) is 11.3 Å². The standard InChI is InChI=1S/C14H18F5NS/c1-9(2)12-11(14(17,18)19)6-10(21-12)7-20-5-3-4-13(15,16)8-20/h6,9H,3-5,7-8H2,1-2H3. The van der Waals surface area contributed by atoms with Crippen molar-refractivity contribution in [2.45, 2.75) is 51.3 Å². The summed E-state index contributed by atoms with van der Waals surface area (Å²) < 4.78 is 65.7. The highest BCUT2D eigenvalue weighted by Gasteiger charge is 2.38. The van der Waals surface area contributed by atoms with E-state index in [0.717, 1.165) is 17.4 Å². The van der Waals surface area contributed by atoms with Crippen molar-refractivity contribution >= 4 is 11.3 Å². The number of rotatable bonds is 3. The minimum atomic E-state index is -4.39. The fourth-order valence-corrected chi connectivity index (χ4v) is 3.81. The van der Waals surface area contributed by atoms with Gasteiger partial charge in [-0.1, -0.05) is 13.8 Å². The van der Waals surface area contributed by atoms with Crippen molar-refractivity contribution in [1.82, 2.24) is 4.90 Å². The lowest BCUT2D eigenvalue weighted by Crippen LogP contribution is -2.41. The molecule has 120 valence electrons. The number of piperidine rings is 1. The third kappa shape index (κ3) is 4.16. The molecule has 0 spiro atoms. The average molecular weight is 327 g/mol. The van der Waals surface area contributed by atoms with Gasteiger partial charge >= 0.3 is 6.18 Å². The van der Waals surface area contributed by atoms with E-state index in [1.165, 1.54) is 0 Å². The molecule has 7 heteroatoms. The maximum atomic E-state index is 13.3. The Balaban J connectivity index is 2.18. The molecule has 1 aliphatic heterocycles. The largest absolute Gasteiger partial charge is 0.417 e. The predicted octanol–water partition coefficient (Wildman–Crippen LogP) is 5.12. The highest BCUT2D eigenvalue weighted by molar-refractivity contribution is 7.12. The van der Waals surface area contributed by atoms with Gasteiger partial charge in [-0.25, -0.2) is 8.78 Å². The van der Waals surface area contributed by atoms with Crippen molar-refractivity contribution in [2.75, 3.05) is 13.1 Å². The minimum absolute atomic E-state index is 0.140. The molecule has 1 aromatic rings. The minimum Gasteiger partial charge on any atom is -0.292 e. The van der Waals surface area contributed by atoms with E-state index < -0.39 is 17.7 Å². The van der Waals surface area contributed by atoms with Crippen LogP contribution in [0.1, 0.15) is 47.9 Å². The van der Waals surface area contributed by atoms with E-state index in [1.54, 1.807) is 18.7 Å². The van der Waals surface area contributed by atoms with Gasteiger partial charge in [0.1, 0.15) is 0 Å². The van der Waals surface area contributed by atoms with Crippen LogP contribution < -0.4 is 0 Å². The Kier molecular flexibility index (Phi) is 4.63. The second-order valence-corrected chi connectivity index (χ2v) is 6.98. The number of thiophene rings is 1. The first-order valence-electron chi connectivity index (χ1n) is 6.88. The topological polar surface area (TPSA) is 3.24 Å². The normalized spacial score (nSPS) is 20.2. The first-order valence-corrected chi connectivity index (χ1v) is 7.70. The van der Waals surface area contributed by atoms with E-state index in [9.17, 15) is 22.0 Å². The second kappa shape index (κ2) is 5.83. The number of hydrogen-bond acceptors (Lipinski definition) is 2. The number of nitrogens with zero attached hydrogens (tertiary/aromatic N) is 1. The number of hydrogen-bond donors (Lipinski definition) is 0. The van der Waals surface area contributed by atoms with E-state index >= 15 is 0 Å². The lowest BCUT2D eigenvalue weighted by atomic mass is 10.1. The molecule has 0 amide bonds. The number of halogens is 5. The molecule has 0 aromatic carbocycles. The van der Waals surface area contributed by atoms with Crippen molar-refractivity contribution < 1.29 is 22.0 Å². The van der Waals surface area contributed by atoms with E-state index in [0.29, 0.717) is 17.8 Å². The molecule has 0 radical (unpaired) electrons. The van der Waals surface area contributed by atoms with Crippen molar-refractivity contribution in [3.8, 4) is 0 Å². The smallest absolute Gasteiger partial charge is 0.292 e. The molecule has 2 rings (SSSR count). The Morgan fingerprint density at radius 3 is 2.48 bits per heavy atom. The molecule has 0 N–H and O–H groups in total. The van der Waals surface area contributed by atoms with Crippen molar-refractivity contribution in [2.24, 2.45) is 0 Å². The molecule has 0 unspecified atom stereocenters. The highest BCUT2D eigenvalue weighted by Crippen LogP contribution is 2.41. The molecular weight excluding hydrogens is 309 g/mol. The van der Waals surface area contributed by atoms with Gasteiger partial charge in [0, 0.05) is 22.7 Å². The van der Waals surface area contributed by atoms with Gasteiger partial charge in [-0.2, -0.15) is 13.2 Å². The summed E-state index contributed by atoms with van der Waals surface area (Å²) in [6.07, 6.45) is -4.15. The molecule has 0 aliphatic carbocycles. The molecule has 2 heterocycles. The Morgan fingerprint density at radius 1 is 1.33 bits per heavy atom. The van der Waals surface area contributed by atoms with E-state index in [4.69, 9.17) is 0 Å². The summed E-state index contributed by atoms with van der Waals surface area (Å²) >= 11 is 1.08. The van der Waals surface area contributed by atoms with E-state index in [1.807, 2.05) is 0 Å². The fourth-order valence-electron chi connectivity index (χ4n) is 2.59. The van der Waals surface area contributed by atoms with Gasteiger partial charge in [0.2, 0.25) is 0 Å². The Bertz CT molecular complexity index is 492. The zero-order chi connectivity index (χ0) is 15.8. The Morgan fingerprint density at radius 2 is 2.00 bits per heavy atom. The maximum absolute atomic E-state index is 13.3. The third-order valence-corrected chi connectivity index (χ3v) is 4.91. The molecule has 0 saturated carbocycles. The van der Waals surface area contributed by atoms with Crippen LogP contribution in [-0.2, 0) is 12.7 Å². The lowest BCUT2D eigenvalue weighted by molar-refractivity contribution is -0.138.